The molecule has 1 aromatic carbocycles. The first-order valence-electron chi connectivity index (χ1n) is 9.11. The van der Waals surface area contributed by atoms with Crippen LogP contribution in [-0.4, -0.2) is 43.9 Å². The molecule has 1 aromatic heterocycles. The third-order valence-corrected chi connectivity index (χ3v) is 5.68. The quantitative estimate of drug-likeness (QED) is 0.895. The number of para-hydroxylation sites is 2. The number of nitrogens with zero attached hydrogens (tertiary/aromatic N) is 2. The maximum absolute atomic E-state index is 12.8. The Hall–Kier alpha value is -2.37. The van der Waals surface area contributed by atoms with Crippen molar-refractivity contribution in [1.82, 2.24) is 14.9 Å². The van der Waals surface area contributed by atoms with Crippen molar-refractivity contribution in [3.63, 3.8) is 0 Å². The molecule has 1 aliphatic carbocycles. The number of aromatic nitrogens is 2. The number of aromatic amines is 1. The monoisotopic (exact) mass is 341 g/mol. The van der Waals surface area contributed by atoms with E-state index in [1.54, 1.807) is 4.90 Å². The molecule has 4 rings (SSSR count). The van der Waals surface area contributed by atoms with Crippen LogP contribution in [0.3, 0.4) is 0 Å². The van der Waals surface area contributed by atoms with Gasteiger partial charge in [-0.1, -0.05) is 25.0 Å². The summed E-state index contributed by atoms with van der Waals surface area (Å²) in [4.78, 5) is 33.9. The molecule has 6 nitrogen and oxygen atoms in total. The molecule has 2 fully saturated rings. The standard InChI is InChI=1S/C19H23N3O3/c23-18(10-9-17-20-13-6-2-3-7-14(13)21-17)22-15-8-4-1-5-12(15)11-16(22)19(24)25/h2-3,6-7,12,15-16H,1,4-5,8-11H2,(H,20,21)(H,24,25)/t12-,15+,16-/m0/s1. The molecule has 2 heterocycles. The van der Waals surface area contributed by atoms with E-state index >= 15 is 0 Å². The van der Waals surface area contributed by atoms with Crippen molar-refractivity contribution in [3.8, 4) is 0 Å². The normalized spacial score (nSPS) is 25.9. The largest absolute Gasteiger partial charge is 0.480 e. The number of carboxylic acids is 1. The Balaban J connectivity index is 1.47. The summed E-state index contributed by atoms with van der Waals surface area (Å²) in [5, 5.41) is 9.55. The lowest BCUT2D eigenvalue weighted by Gasteiger charge is -2.33. The van der Waals surface area contributed by atoms with Gasteiger partial charge in [-0.2, -0.15) is 0 Å². The van der Waals surface area contributed by atoms with E-state index < -0.39 is 12.0 Å². The Bertz CT molecular complexity index is 767. The average molecular weight is 341 g/mol. The molecule has 1 saturated carbocycles. The highest BCUT2D eigenvalue weighted by Crippen LogP contribution is 2.40. The minimum absolute atomic E-state index is 0.0535. The van der Waals surface area contributed by atoms with Gasteiger partial charge in [0.25, 0.3) is 0 Å². The van der Waals surface area contributed by atoms with Gasteiger partial charge >= 0.3 is 5.97 Å². The Morgan fingerprint density at radius 1 is 1.24 bits per heavy atom. The number of nitrogens with one attached hydrogen (secondary N) is 1. The lowest BCUT2D eigenvalue weighted by Crippen LogP contribution is -2.46. The first-order chi connectivity index (χ1) is 12.1. The van der Waals surface area contributed by atoms with E-state index in [0.717, 1.165) is 42.5 Å². The Kier molecular flexibility index (Phi) is 4.19. The number of H-pyrrole nitrogens is 1. The van der Waals surface area contributed by atoms with Gasteiger partial charge in [0, 0.05) is 18.9 Å². The molecular weight excluding hydrogens is 318 g/mol. The summed E-state index contributed by atoms with van der Waals surface area (Å²) in [6.45, 7) is 0. The minimum Gasteiger partial charge on any atom is -0.480 e. The number of likely N-dealkylation sites (tertiary alicyclic amines) is 1. The van der Waals surface area contributed by atoms with Gasteiger partial charge in [-0.25, -0.2) is 9.78 Å². The van der Waals surface area contributed by atoms with Gasteiger partial charge < -0.3 is 15.0 Å². The van der Waals surface area contributed by atoms with Gasteiger partial charge in [-0.3, -0.25) is 4.79 Å². The van der Waals surface area contributed by atoms with Crippen LogP contribution in [0.25, 0.3) is 11.0 Å². The third kappa shape index (κ3) is 3.01. The SMILES string of the molecule is O=C(O)[C@@H]1C[C@@H]2CCCC[C@H]2N1C(=O)CCc1nc2ccccc2[nH]1. The molecule has 1 saturated heterocycles. The van der Waals surface area contributed by atoms with E-state index in [9.17, 15) is 14.7 Å². The summed E-state index contributed by atoms with van der Waals surface area (Å²) in [7, 11) is 0. The molecule has 132 valence electrons. The summed E-state index contributed by atoms with van der Waals surface area (Å²) in [5.41, 5.74) is 1.85. The van der Waals surface area contributed by atoms with E-state index in [2.05, 4.69) is 9.97 Å². The molecule has 0 radical (unpaired) electrons. The molecule has 2 aliphatic rings. The number of carbonyl (C=O) groups excluding carboxylic acids is 1. The van der Waals surface area contributed by atoms with Crippen molar-refractivity contribution >= 4 is 22.9 Å². The topological polar surface area (TPSA) is 86.3 Å². The van der Waals surface area contributed by atoms with Crippen molar-refractivity contribution in [2.45, 2.75) is 57.0 Å². The summed E-state index contributed by atoms with van der Waals surface area (Å²) < 4.78 is 0. The van der Waals surface area contributed by atoms with Crippen molar-refractivity contribution < 1.29 is 14.7 Å². The van der Waals surface area contributed by atoms with Gasteiger partial charge in [0.05, 0.1) is 11.0 Å². The maximum atomic E-state index is 12.8. The molecule has 25 heavy (non-hydrogen) atoms. The number of aliphatic carboxylic acids is 1. The van der Waals surface area contributed by atoms with Crippen molar-refractivity contribution in [3.05, 3.63) is 30.1 Å². The van der Waals surface area contributed by atoms with Crippen LogP contribution in [-0.2, 0) is 16.0 Å². The van der Waals surface area contributed by atoms with E-state index in [-0.39, 0.29) is 11.9 Å². The number of fused-ring (bicyclic) bond motifs is 2. The number of carboxylic acid groups (broad SMARTS) is 1. The van der Waals surface area contributed by atoms with E-state index in [4.69, 9.17) is 0 Å². The number of hydrogen-bond acceptors (Lipinski definition) is 3. The number of benzene rings is 1. The number of carbonyl (C=O) groups is 2. The zero-order valence-corrected chi connectivity index (χ0v) is 14.1. The first kappa shape index (κ1) is 16.1. The smallest absolute Gasteiger partial charge is 0.326 e. The zero-order chi connectivity index (χ0) is 17.4. The summed E-state index contributed by atoms with van der Waals surface area (Å²) in [5.74, 6) is 0.208. The second kappa shape index (κ2) is 6.50. The van der Waals surface area contributed by atoms with Gasteiger partial charge in [0.2, 0.25) is 5.91 Å². The van der Waals surface area contributed by atoms with Crippen LogP contribution in [0.1, 0.15) is 44.3 Å². The number of rotatable bonds is 4. The maximum Gasteiger partial charge on any atom is 0.326 e. The Morgan fingerprint density at radius 3 is 2.84 bits per heavy atom. The lowest BCUT2D eigenvalue weighted by atomic mass is 9.84. The van der Waals surface area contributed by atoms with Crippen LogP contribution in [0, 0.1) is 5.92 Å². The Morgan fingerprint density at radius 2 is 2.04 bits per heavy atom. The third-order valence-electron chi connectivity index (χ3n) is 5.68. The summed E-state index contributed by atoms with van der Waals surface area (Å²) in [6.07, 6.45) is 5.62. The van der Waals surface area contributed by atoms with Crippen LogP contribution in [0.5, 0.6) is 0 Å². The van der Waals surface area contributed by atoms with Gasteiger partial charge in [0.1, 0.15) is 11.9 Å². The van der Waals surface area contributed by atoms with Crippen LogP contribution >= 0.6 is 0 Å². The van der Waals surface area contributed by atoms with Crippen LogP contribution in [0.4, 0.5) is 0 Å². The average Bonchev–Trinajstić information content (AvgIpc) is 3.20. The molecule has 3 atom stereocenters. The van der Waals surface area contributed by atoms with Crippen LogP contribution in [0.15, 0.2) is 24.3 Å². The molecular formula is C19H23N3O3. The Labute approximate surface area is 146 Å². The lowest BCUT2D eigenvalue weighted by molar-refractivity contribution is -0.149. The molecule has 6 heteroatoms. The number of hydrogen-bond donors (Lipinski definition) is 2. The summed E-state index contributed by atoms with van der Waals surface area (Å²) in [6, 6.07) is 7.23. The fourth-order valence-electron chi connectivity index (χ4n) is 4.52. The predicted molar refractivity (Wildman–Crippen MR) is 93.0 cm³/mol. The molecule has 2 aromatic rings. The van der Waals surface area contributed by atoms with Gasteiger partial charge in [-0.05, 0) is 37.3 Å². The number of amides is 1. The number of aryl methyl sites for hydroxylation is 1. The molecule has 0 bridgehead atoms. The zero-order valence-electron chi connectivity index (χ0n) is 14.1. The van der Waals surface area contributed by atoms with Crippen molar-refractivity contribution in [2.75, 3.05) is 0 Å². The molecule has 2 N–H and O–H groups in total. The fraction of sp³-hybridized carbons (Fsp3) is 0.526. The van der Waals surface area contributed by atoms with Crippen molar-refractivity contribution in [1.29, 1.82) is 0 Å². The minimum atomic E-state index is -0.869. The summed E-state index contributed by atoms with van der Waals surface area (Å²) >= 11 is 0. The molecule has 0 unspecified atom stereocenters. The predicted octanol–water partition coefficient (Wildman–Crippen LogP) is 2.74. The van der Waals surface area contributed by atoms with E-state index in [1.807, 2.05) is 24.3 Å². The van der Waals surface area contributed by atoms with Crippen molar-refractivity contribution in [2.24, 2.45) is 5.92 Å². The molecule has 0 spiro atoms. The van der Waals surface area contributed by atoms with E-state index in [1.165, 1.54) is 0 Å². The second-order valence-electron chi connectivity index (χ2n) is 7.20. The number of imidazole rings is 1. The van der Waals surface area contributed by atoms with Gasteiger partial charge in [-0.15, -0.1) is 0 Å². The highest BCUT2D eigenvalue weighted by Gasteiger charge is 2.47. The first-order valence-corrected chi connectivity index (χ1v) is 9.11. The highest BCUT2D eigenvalue weighted by atomic mass is 16.4. The van der Waals surface area contributed by atoms with Crippen LogP contribution < -0.4 is 0 Å². The molecule has 1 amide bonds. The van der Waals surface area contributed by atoms with Crippen LogP contribution in [0.2, 0.25) is 0 Å². The second-order valence-corrected chi connectivity index (χ2v) is 7.20. The fourth-order valence-corrected chi connectivity index (χ4v) is 4.52. The molecule has 1 aliphatic heterocycles. The van der Waals surface area contributed by atoms with E-state index in [0.29, 0.717) is 25.2 Å². The highest BCUT2D eigenvalue weighted by molar-refractivity contribution is 5.85. The van der Waals surface area contributed by atoms with Gasteiger partial charge in [0.15, 0.2) is 0 Å².